The van der Waals surface area contributed by atoms with Crippen molar-refractivity contribution in [2.75, 3.05) is 18.9 Å². The maximum Gasteiger partial charge on any atom is 0.257 e. The molecule has 1 heterocycles. The summed E-state index contributed by atoms with van der Waals surface area (Å²) >= 11 is 9.22. The summed E-state index contributed by atoms with van der Waals surface area (Å²) in [6.07, 6.45) is 1.51. The Morgan fingerprint density at radius 2 is 1.92 bits per heavy atom. The van der Waals surface area contributed by atoms with Gasteiger partial charge in [0.05, 0.1) is 12.1 Å². The van der Waals surface area contributed by atoms with Crippen LogP contribution in [0.3, 0.4) is 0 Å². The third-order valence-corrected chi connectivity index (χ3v) is 4.24. The zero-order valence-corrected chi connectivity index (χ0v) is 15.9. The minimum atomic E-state index is -0.370. The highest BCUT2D eigenvalue weighted by Crippen LogP contribution is 2.21. The Balaban J connectivity index is 2.08. The van der Waals surface area contributed by atoms with Crippen molar-refractivity contribution in [3.63, 3.8) is 0 Å². The second-order valence-corrected chi connectivity index (χ2v) is 6.74. The first-order valence-electron chi connectivity index (χ1n) is 7.22. The van der Waals surface area contributed by atoms with Gasteiger partial charge in [-0.15, -0.1) is 0 Å². The maximum atomic E-state index is 12.4. The Labute approximate surface area is 154 Å². The molecular weight excluding hydrogens is 394 g/mol. The molecule has 2 aromatic rings. The first-order valence-corrected chi connectivity index (χ1v) is 8.39. The van der Waals surface area contributed by atoms with Crippen LogP contribution in [0.5, 0.6) is 0 Å². The molecule has 2 amide bonds. The highest BCUT2D eigenvalue weighted by Gasteiger charge is 2.19. The number of para-hydroxylation sites is 1. The van der Waals surface area contributed by atoms with Crippen molar-refractivity contribution in [2.45, 2.75) is 13.8 Å². The van der Waals surface area contributed by atoms with E-state index in [1.165, 1.54) is 11.1 Å². The van der Waals surface area contributed by atoms with Gasteiger partial charge in [0.25, 0.3) is 5.91 Å². The monoisotopic (exact) mass is 409 g/mol. The van der Waals surface area contributed by atoms with Gasteiger partial charge in [-0.3, -0.25) is 9.59 Å². The predicted octanol–water partition coefficient (Wildman–Crippen LogP) is 3.83. The molecule has 0 bridgehead atoms. The van der Waals surface area contributed by atoms with Gasteiger partial charge in [0.15, 0.2) is 0 Å². The molecule has 5 nitrogen and oxygen atoms in total. The number of carbonyl (C=O) groups is 2. The van der Waals surface area contributed by atoms with Crippen LogP contribution in [-0.2, 0) is 4.79 Å². The molecule has 0 aliphatic carbocycles. The highest BCUT2D eigenvalue weighted by molar-refractivity contribution is 9.10. The zero-order chi connectivity index (χ0) is 17.9. The highest BCUT2D eigenvalue weighted by atomic mass is 79.9. The van der Waals surface area contributed by atoms with E-state index < -0.39 is 0 Å². The van der Waals surface area contributed by atoms with Crippen molar-refractivity contribution in [3.8, 4) is 0 Å². The minimum Gasteiger partial charge on any atom is -0.332 e. The standard InChI is InChI=1S/C17H17BrClN3O2/c1-10-5-4-6-11(2)15(10)21-14(23)9-22(3)17(24)13-7-12(18)8-20-16(13)19/h4-8H,9H2,1-3H3,(H,21,23). The molecule has 0 aliphatic rings. The van der Waals surface area contributed by atoms with E-state index in [4.69, 9.17) is 11.6 Å². The molecule has 24 heavy (non-hydrogen) atoms. The van der Waals surface area contributed by atoms with Crippen molar-refractivity contribution < 1.29 is 9.59 Å². The van der Waals surface area contributed by atoms with Crippen LogP contribution in [0.1, 0.15) is 21.5 Å². The lowest BCUT2D eigenvalue weighted by Crippen LogP contribution is -2.35. The lowest BCUT2D eigenvalue weighted by molar-refractivity contribution is -0.116. The molecule has 0 radical (unpaired) electrons. The quantitative estimate of drug-likeness (QED) is 0.779. The first-order chi connectivity index (χ1) is 11.3. The molecule has 0 saturated carbocycles. The number of likely N-dealkylation sites (N-methyl/N-ethyl adjacent to an activating group) is 1. The summed E-state index contributed by atoms with van der Waals surface area (Å²) in [6, 6.07) is 7.35. The molecule has 1 aromatic carbocycles. The smallest absolute Gasteiger partial charge is 0.257 e. The van der Waals surface area contributed by atoms with E-state index >= 15 is 0 Å². The van der Waals surface area contributed by atoms with Crippen LogP contribution in [0.4, 0.5) is 5.69 Å². The Bertz CT molecular complexity index is 775. The van der Waals surface area contributed by atoms with Crippen molar-refractivity contribution in [1.29, 1.82) is 0 Å². The van der Waals surface area contributed by atoms with Gasteiger partial charge in [0, 0.05) is 23.4 Å². The SMILES string of the molecule is Cc1cccc(C)c1NC(=O)CN(C)C(=O)c1cc(Br)cnc1Cl. The number of hydrogen-bond acceptors (Lipinski definition) is 3. The molecule has 0 spiro atoms. The van der Waals surface area contributed by atoms with Gasteiger partial charge in [-0.05, 0) is 47.0 Å². The maximum absolute atomic E-state index is 12.4. The Morgan fingerprint density at radius 1 is 1.29 bits per heavy atom. The van der Waals surface area contributed by atoms with Gasteiger partial charge >= 0.3 is 0 Å². The third-order valence-electron chi connectivity index (χ3n) is 3.51. The molecule has 1 N–H and O–H groups in total. The number of aromatic nitrogens is 1. The number of amides is 2. The molecule has 0 fully saturated rings. The number of carbonyl (C=O) groups excluding carboxylic acids is 2. The molecular formula is C17H17BrClN3O2. The van der Waals surface area contributed by atoms with E-state index in [0.29, 0.717) is 4.47 Å². The molecule has 0 unspecified atom stereocenters. The average Bonchev–Trinajstić information content (AvgIpc) is 2.52. The summed E-state index contributed by atoms with van der Waals surface area (Å²) < 4.78 is 0.642. The lowest BCUT2D eigenvalue weighted by atomic mass is 10.1. The second-order valence-electron chi connectivity index (χ2n) is 5.47. The first kappa shape index (κ1) is 18.4. The largest absolute Gasteiger partial charge is 0.332 e. The predicted molar refractivity (Wildman–Crippen MR) is 98.5 cm³/mol. The summed E-state index contributed by atoms with van der Waals surface area (Å²) in [5.74, 6) is -0.646. The van der Waals surface area contributed by atoms with E-state index in [9.17, 15) is 9.59 Å². The van der Waals surface area contributed by atoms with Crippen molar-refractivity contribution in [3.05, 3.63) is 56.8 Å². The number of nitrogens with one attached hydrogen (secondary N) is 1. The Kier molecular flexibility index (Phi) is 5.96. The second kappa shape index (κ2) is 7.77. The molecule has 2 rings (SSSR count). The van der Waals surface area contributed by atoms with Crippen LogP contribution in [0.2, 0.25) is 5.15 Å². The number of pyridine rings is 1. The zero-order valence-electron chi connectivity index (χ0n) is 13.6. The van der Waals surface area contributed by atoms with E-state index in [2.05, 4.69) is 26.2 Å². The fourth-order valence-corrected chi connectivity index (χ4v) is 2.77. The van der Waals surface area contributed by atoms with E-state index in [0.717, 1.165) is 16.8 Å². The molecule has 0 aliphatic heterocycles. The number of aryl methyl sites for hydroxylation is 2. The molecule has 0 saturated heterocycles. The van der Waals surface area contributed by atoms with Gasteiger partial charge in [-0.25, -0.2) is 4.98 Å². The summed E-state index contributed by atoms with van der Waals surface area (Å²) in [6.45, 7) is 3.75. The fraction of sp³-hybridized carbons (Fsp3) is 0.235. The van der Waals surface area contributed by atoms with E-state index in [-0.39, 0.29) is 29.1 Å². The fourth-order valence-electron chi connectivity index (χ4n) is 2.26. The van der Waals surface area contributed by atoms with Crippen LogP contribution >= 0.6 is 27.5 Å². The molecule has 7 heteroatoms. The van der Waals surface area contributed by atoms with Gasteiger partial charge in [-0.2, -0.15) is 0 Å². The Morgan fingerprint density at radius 3 is 2.54 bits per heavy atom. The minimum absolute atomic E-state index is 0.0878. The van der Waals surface area contributed by atoms with Gasteiger partial charge in [0.1, 0.15) is 5.15 Å². The number of halogens is 2. The van der Waals surface area contributed by atoms with Crippen LogP contribution in [0.15, 0.2) is 34.9 Å². The van der Waals surface area contributed by atoms with Crippen LogP contribution in [0.25, 0.3) is 0 Å². The summed E-state index contributed by atoms with van der Waals surface area (Å²) in [5.41, 5.74) is 2.95. The number of benzene rings is 1. The lowest BCUT2D eigenvalue weighted by Gasteiger charge is -2.18. The number of anilines is 1. The summed E-state index contributed by atoms with van der Waals surface area (Å²) in [4.78, 5) is 29.9. The van der Waals surface area contributed by atoms with Gasteiger partial charge in [-0.1, -0.05) is 29.8 Å². The van der Waals surface area contributed by atoms with Crippen molar-refractivity contribution in [1.82, 2.24) is 9.88 Å². The molecule has 126 valence electrons. The summed E-state index contributed by atoms with van der Waals surface area (Å²) in [7, 11) is 1.55. The number of nitrogens with zero attached hydrogens (tertiary/aromatic N) is 2. The van der Waals surface area contributed by atoms with Crippen molar-refractivity contribution in [2.24, 2.45) is 0 Å². The van der Waals surface area contributed by atoms with E-state index in [1.54, 1.807) is 13.1 Å². The molecule has 1 aromatic heterocycles. The van der Waals surface area contributed by atoms with Gasteiger partial charge < -0.3 is 10.2 Å². The Hall–Kier alpha value is -1.92. The topological polar surface area (TPSA) is 62.3 Å². The average molecular weight is 411 g/mol. The van der Waals surface area contributed by atoms with Crippen LogP contribution < -0.4 is 5.32 Å². The number of rotatable bonds is 4. The van der Waals surface area contributed by atoms with Crippen LogP contribution in [0, 0.1) is 13.8 Å². The summed E-state index contributed by atoms with van der Waals surface area (Å²) in [5, 5.41) is 2.95. The van der Waals surface area contributed by atoms with Crippen LogP contribution in [-0.4, -0.2) is 35.3 Å². The van der Waals surface area contributed by atoms with Crippen molar-refractivity contribution >= 4 is 45.0 Å². The van der Waals surface area contributed by atoms with E-state index in [1.807, 2.05) is 32.0 Å². The molecule has 0 atom stereocenters. The van der Waals surface area contributed by atoms with Gasteiger partial charge in [0.2, 0.25) is 5.91 Å². The normalized spacial score (nSPS) is 10.4. The number of hydrogen-bond donors (Lipinski definition) is 1. The third kappa shape index (κ3) is 4.33.